The highest BCUT2D eigenvalue weighted by molar-refractivity contribution is 14.1. The van der Waals surface area contributed by atoms with Crippen LogP contribution in [0.3, 0.4) is 0 Å². The van der Waals surface area contributed by atoms with Crippen molar-refractivity contribution < 1.29 is 9.31 Å². The quantitative estimate of drug-likeness (QED) is 0.450. The van der Waals surface area contributed by atoms with Crippen LogP contribution in [-0.4, -0.2) is 4.92 Å². The molecule has 4 nitrogen and oxygen atoms in total. The third-order valence-corrected chi connectivity index (χ3v) is 4.68. The van der Waals surface area contributed by atoms with Crippen molar-refractivity contribution in [2.45, 2.75) is 19.9 Å². The van der Waals surface area contributed by atoms with Gasteiger partial charge >= 0.3 is 0 Å². The van der Waals surface area contributed by atoms with Crippen molar-refractivity contribution in [2.75, 3.05) is 5.32 Å². The summed E-state index contributed by atoms with van der Waals surface area (Å²) in [7, 11) is 0. The maximum absolute atomic E-state index is 13.6. The summed E-state index contributed by atoms with van der Waals surface area (Å²) in [5.74, 6) is -0.458. The number of hydrogen-bond acceptors (Lipinski definition) is 4. The van der Waals surface area contributed by atoms with Gasteiger partial charge in [0.15, 0.2) is 0 Å². The highest BCUT2D eigenvalue weighted by Gasteiger charge is 2.17. The summed E-state index contributed by atoms with van der Waals surface area (Å²) in [6.45, 7) is 2.51. The lowest BCUT2D eigenvalue weighted by molar-refractivity contribution is -0.384. The Morgan fingerprint density at radius 1 is 1.50 bits per heavy atom. The summed E-state index contributed by atoms with van der Waals surface area (Å²) in [5.41, 5.74) is 1.31. The van der Waals surface area contributed by atoms with Gasteiger partial charge in [-0.05, 0) is 46.0 Å². The summed E-state index contributed by atoms with van der Waals surface area (Å²) in [6.07, 6.45) is 0.906. The molecule has 0 unspecified atom stereocenters. The van der Waals surface area contributed by atoms with Gasteiger partial charge < -0.3 is 5.32 Å². The van der Waals surface area contributed by atoms with E-state index in [4.69, 9.17) is 0 Å². The minimum Gasteiger partial charge on any atom is -0.374 e. The van der Waals surface area contributed by atoms with Crippen LogP contribution in [0.1, 0.15) is 17.4 Å². The van der Waals surface area contributed by atoms with Crippen LogP contribution in [0.2, 0.25) is 0 Å². The first-order valence-electron chi connectivity index (χ1n) is 5.95. The van der Waals surface area contributed by atoms with Gasteiger partial charge in [-0.3, -0.25) is 10.1 Å². The molecular formula is C13H12FIN2O2S. The normalized spacial score (nSPS) is 10.6. The van der Waals surface area contributed by atoms with Crippen molar-refractivity contribution >= 4 is 45.3 Å². The molecule has 106 valence electrons. The van der Waals surface area contributed by atoms with E-state index in [1.54, 1.807) is 33.9 Å². The number of aryl methyl sites for hydroxylation is 1. The highest BCUT2D eigenvalue weighted by atomic mass is 127. The Bertz CT molecular complexity index is 645. The third kappa shape index (κ3) is 3.26. The second-order valence-corrected chi connectivity index (χ2v) is 6.28. The molecule has 0 bridgehead atoms. The third-order valence-electron chi connectivity index (χ3n) is 2.89. The highest BCUT2D eigenvalue weighted by Crippen LogP contribution is 2.29. The first-order valence-corrected chi connectivity index (χ1v) is 7.91. The smallest absolute Gasteiger partial charge is 0.293 e. The standard InChI is InChI=1S/C13H12FIN2O2S/c1-2-8-3-4-20-13(8)7-16-11-5-9(14)10(15)6-12(11)17(18)19/h3-6,16H,2,7H2,1H3. The average Bonchev–Trinajstić information content (AvgIpc) is 2.86. The van der Waals surface area contributed by atoms with Crippen LogP contribution < -0.4 is 5.32 Å². The maximum Gasteiger partial charge on any atom is 0.293 e. The van der Waals surface area contributed by atoms with Crippen molar-refractivity contribution in [1.29, 1.82) is 0 Å². The minimum absolute atomic E-state index is 0.106. The predicted octanol–water partition coefficient (Wildman–Crippen LogP) is 4.57. The molecule has 0 aliphatic heterocycles. The molecule has 0 fully saturated rings. The van der Waals surface area contributed by atoms with Gasteiger partial charge in [-0.1, -0.05) is 6.92 Å². The molecule has 0 saturated heterocycles. The van der Waals surface area contributed by atoms with Crippen LogP contribution >= 0.6 is 33.9 Å². The summed E-state index contributed by atoms with van der Waals surface area (Å²) >= 11 is 3.33. The maximum atomic E-state index is 13.6. The Balaban J connectivity index is 2.25. The van der Waals surface area contributed by atoms with Crippen LogP contribution in [0.15, 0.2) is 23.6 Å². The summed E-state index contributed by atoms with van der Waals surface area (Å²) in [6, 6.07) is 4.46. The van der Waals surface area contributed by atoms with E-state index in [2.05, 4.69) is 12.2 Å². The van der Waals surface area contributed by atoms with Gasteiger partial charge in [-0.25, -0.2) is 4.39 Å². The number of benzene rings is 1. The number of hydrogen-bond donors (Lipinski definition) is 1. The van der Waals surface area contributed by atoms with Crippen LogP contribution in [0, 0.1) is 19.5 Å². The molecule has 1 N–H and O–H groups in total. The molecule has 7 heteroatoms. The number of anilines is 1. The molecule has 20 heavy (non-hydrogen) atoms. The molecule has 0 spiro atoms. The Morgan fingerprint density at radius 3 is 2.90 bits per heavy atom. The number of nitrogens with zero attached hydrogens (tertiary/aromatic N) is 1. The Hall–Kier alpha value is -1.22. The lowest BCUT2D eigenvalue weighted by Gasteiger charge is -2.08. The van der Waals surface area contributed by atoms with Gasteiger partial charge in [0.1, 0.15) is 11.5 Å². The number of halogens is 2. The van der Waals surface area contributed by atoms with Crippen molar-refractivity contribution in [3.8, 4) is 0 Å². The first-order chi connectivity index (χ1) is 9.52. The second kappa shape index (κ2) is 6.49. The van der Waals surface area contributed by atoms with E-state index in [1.165, 1.54) is 17.7 Å². The first kappa shape index (κ1) is 15.2. The molecule has 0 amide bonds. The zero-order valence-corrected chi connectivity index (χ0v) is 13.6. The summed E-state index contributed by atoms with van der Waals surface area (Å²) in [4.78, 5) is 11.6. The molecular weight excluding hydrogens is 394 g/mol. The van der Waals surface area contributed by atoms with E-state index in [0.29, 0.717) is 6.54 Å². The van der Waals surface area contributed by atoms with E-state index in [1.807, 2.05) is 11.4 Å². The molecule has 1 heterocycles. The fourth-order valence-electron chi connectivity index (χ4n) is 1.84. The van der Waals surface area contributed by atoms with Crippen LogP contribution in [0.5, 0.6) is 0 Å². The fraction of sp³-hybridized carbons (Fsp3) is 0.231. The molecule has 0 atom stereocenters. The lowest BCUT2D eigenvalue weighted by Crippen LogP contribution is -2.04. The van der Waals surface area contributed by atoms with E-state index in [0.717, 1.165) is 11.3 Å². The Morgan fingerprint density at radius 2 is 2.25 bits per heavy atom. The van der Waals surface area contributed by atoms with Gasteiger partial charge in [0.25, 0.3) is 5.69 Å². The second-order valence-electron chi connectivity index (χ2n) is 4.12. The zero-order valence-electron chi connectivity index (χ0n) is 10.7. The zero-order chi connectivity index (χ0) is 14.7. The Labute approximate surface area is 133 Å². The number of rotatable bonds is 5. The van der Waals surface area contributed by atoms with E-state index in [-0.39, 0.29) is 14.9 Å². The summed E-state index contributed by atoms with van der Waals surface area (Å²) < 4.78 is 13.8. The largest absolute Gasteiger partial charge is 0.374 e. The molecule has 1 aromatic heterocycles. The van der Waals surface area contributed by atoms with Crippen molar-refractivity contribution in [3.05, 3.63) is 53.5 Å². The van der Waals surface area contributed by atoms with Crippen LogP contribution in [-0.2, 0) is 13.0 Å². The van der Waals surface area contributed by atoms with Crippen LogP contribution in [0.25, 0.3) is 0 Å². The predicted molar refractivity (Wildman–Crippen MR) is 86.8 cm³/mol. The van der Waals surface area contributed by atoms with Gasteiger partial charge in [0.05, 0.1) is 8.49 Å². The summed E-state index contributed by atoms with van der Waals surface area (Å²) in [5, 5.41) is 16.0. The number of nitro benzene ring substituents is 1. The molecule has 0 aliphatic rings. The van der Waals surface area contributed by atoms with Gasteiger partial charge in [0, 0.05) is 23.6 Å². The van der Waals surface area contributed by atoms with Gasteiger partial charge in [-0.15, -0.1) is 11.3 Å². The molecule has 0 radical (unpaired) electrons. The van der Waals surface area contributed by atoms with Gasteiger partial charge in [-0.2, -0.15) is 0 Å². The van der Waals surface area contributed by atoms with Crippen LogP contribution in [0.4, 0.5) is 15.8 Å². The lowest BCUT2D eigenvalue weighted by atomic mass is 10.2. The Kier molecular flexibility index (Phi) is 4.92. The van der Waals surface area contributed by atoms with E-state index >= 15 is 0 Å². The molecule has 1 aromatic carbocycles. The van der Waals surface area contributed by atoms with Crippen molar-refractivity contribution in [3.63, 3.8) is 0 Å². The van der Waals surface area contributed by atoms with E-state index in [9.17, 15) is 14.5 Å². The molecule has 2 rings (SSSR count). The molecule has 0 aliphatic carbocycles. The number of nitro groups is 1. The topological polar surface area (TPSA) is 55.2 Å². The van der Waals surface area contributed by atoms with E-state index < -0.39 is 10.7 Å². The minimum atomic E-state index is -0.501. The fourth-order valence-corrected chi connectivity index (χ4v) is 3.21. The van der Waals surface area contributed by atoms with Crippen molar-refractivity contribution in [2.24, 2.45) is 0 Å². The van der Waals surface area contributed by atoms with Crippen molar-refractivity contribution in [1.82, 2.24) is 0 Å². The van der Waals surface area contributed by atoms with Gasteiger partial charge in [0.2, 0.25) is 0 Å². The number of nitrogens with one attached hydrogen (secondary N) is 1. The monoisotopic (exact) mass is 406 g/mol. The molecule has 0 saturated carbocycles. The molecule has 2 aromatic rings. The average molecular weight is 406 g/mol. The SMILES string of the molecule is CCc1ccsc1CNc1cc(F)c(I)cc1[N+](=O)[O-]. The number of thiophene rings is 1.